The average Bonchev–Trinajstić information content (AvgIpc) is 2.24. The molecule has 8 heteroatoms. The van der Waals surface area contributed by atoms with Gasteiger partial charge in [0.05, 0.1) is 12.0 Å². The highest BCUT2D eigenvalue weighted by Crippen LogP contribution is 2.27. The quantitative estimate of drug-likeness (QED) is 0.815. The first kappa shape index (κ1) is 14.4. The first-order valence-corrected chi connectivity index (χ1v) is 6.41. The van der Waals surface area contributed by atoms with E-state index in [0.29, 0.717) is 0 Å². The summed E-state index contributed by atoms with van der Waals surface area (Å²) >= 11 is 0. The molecule has 0 aliphatic heterocycles. The summed E-state index contributed by atoms with van der Waals surface area (Å²) in [5.74, 6) is -2.16. The number of sulfonamides is 1. The number of carboxylic acid groups (broad SMARTS) is 1. The van der Waals surface area contributed by atoms with Crippen LogP contribution in [-0.4, -0.2) is 26.6 Å². The summed E-state index contributed by atoms with van der Waals surface area (Å²) in [6, 6.07) is 1.85. The van der Waals surface area contributed by atoms with E-state index in [4.69, 9.17) is 15.0 Å². The third-order valence-corrected chi connectivity index (χ3v) is 3.13. The Morgan fingerprint density at radius 1 is 1.50 bits per heavy atom. The molecule has 0 fully saturated rings. The van der Waals surface area contributed by atoms with E-state index in [1.165, 1.54) is 7.11 Å². The van der Waals surface area contributed by atoms with Crippen molar-refractivity contribution in [1.29, 1.82) is 0 Å². The molecule has 1 aromatic carbocycles. The lowest BCUT2D eigenvalue weighted by Gasteiger charge is -2.10. The second-order valence-corrected chi connectivity index (χ2v) is 5.10. The molecule has 0 bridgehead atoms. The van der Waals surface area contributed by atoms with E-state index >= 15 is 0 Å². The number of carbonyl (C=O) groups is 1. The largest absolute Gasteiger partial charge is 0.493 e. The van der Waals surface area contributed by atoms with Crippen molar-refractivity contribution in [3.8, 4) is 5.75 Å². The molecule has 0 saturated heterocycles. The van der Waals surface area contributed by atoms with Crippen LogP contribution in [0.3, 0.4) is 0 Å². The molecule has 0 aliphatic rings. The molecule has 3 N–H and O–H groups in total. The van der Waals surface area contributed by atoms with Crippen LogP contribution in [0.4, 0.5) is 4.39 Å². The lowest BCUT2D eigenvalue weighted by atomic mass is 10.1. The van der Waals surface area contributed by atoms with Crippen molar-refractivity contribution in [1.82, 2.24) is 0 Å². The van der Waals surface area contributed by atoms with Crippen LogP contribution in [0, 0.1) is 5.82 Å². The van der Waals surface area contributed by atoms with E-state index in [0.717, 1.165) is 12.1 Å². The number of hydrogen-bond donors (Lipinski definition) is 2. The first-order chi connectivity index (χ1) is 8.25. The van der Waals surface area contributed by atoms with Gasteiger partial charge < -0.3 is 9.84 Å². The van der Waals surface area contributed by atoms with Crippen LogP contribution in [-0.2, 0) is 21.2 Å². The molecule has 0 amide bonds. The van der Waals surface area contributed by atoms with Gasteiger partial charge in [0.15, 0.2) is 11.6 Å². The Hall–Kier alpha value is -1.67. The number of primary sulfonamides is 1. The molecule has 0 heterocycles. The molecule has 0 saturated carbocycles. The Kier molecular flexibility index (Phi) is 4.25. The fourth-order valence-electron chi connectivity index (χ4n) is 1.44. The van der Waals surface area contributed by atoms with Crippen molar-refractivity contribution < 1.29 is 27.4 Å². The predicted molar refractivity (Wildman–Crippen MR) is 60.3 cm³/mol. The molecule has 1 aromatic rings. The van der Waals surface area contributed by atoms with Gasteiger partial charge in [0.2, 0.25) is 10.0 Å². The van der Waals surface area contributed by atoms with Crippen molar-refractivity contribution in [3.63, 3.8) is 0 Å². The zero-order valence-corrected chi connectivity index (χ0v) is 10.3. The Bertz CT molecular complexity index is 570. The van der Waals surface area contributed by atoms with Crippen molar-refractivity contribution in [2.75, 3.05) is 7.11 Å². The molecule has 6 nitrogen and oxygen atoms in total. The summed E-state index contributed by atoms with van der Waals surface area (Å²) in [6.07, 6.45) is -0.331. The zero-order valence-electron chi connectivity index (χ0n) is 9.51. The van der Waals surface area contributed by atoms with Crippen LogP contribution in [0.1, 0.15) is 12.0 Å². The van der Waals surface area contributed by atoms with Crippen LogP contribution in [0.15, 0.2) is 17.0 Å². The fourth-order valence-corrected chi connectivity index (χ4v) is 2.02. The normalized spacial score (nSPS) is 11.3. The minimum absolute atomic E-state index is 0.0568. The number of methoxy groups -OCH3 is 1. The van der Waals surface area contributed by atoms with Crippen molar-refractivity contribution in [2.24, 2.45) is 5.14 Å². The van der Waals surface area contributed by atoms with Gasteiger partial charge in [-0.25, -0.2) is 17.9 Å². The first-order valence-electron chi connectivity index (χ1n) is 4.86. The van der Waals surface area contributed by atoms with E-state index in [1.54, 1.807) is 0 Å². The van der Waals surface area contributed by atoms with Crippen LogP contribution in [0.2, 0.25) is 0 Å². The highest BCUT2D eigenvalue weighted by Gasteiger charge is 2.17. The Morgan fingerprint density at radius 3 is 2.56 bits per heavy atom. The summed E-state index contributed by atoms with van der Waals surface area (Å²) in [5, 5.41) is 13.4. The molecule has 100 valence electrons. The summed E-state index contributed by atoms with van der Waals surface area (Å²) in [4.78, 5) is 10.0. The number of carboxylic acids is 1. The maximum atomic E-state index is 13.6. The number of ether oxygens (including phenoxy) is 1. The summed E-state index contributed by atoms with van der Waals surface area (Å²) < 4.78 is 40.6. The maximum absolute atomic E-state index is 13.6. The smallest absolute Gasteiger partial charge is 0.303 e. The van der Waals surface area contributed by atoms with Gasteiger partial charge in [-0.15, -0.1) is 0 Å². The average molecular weight is 277 g/mol. The molecule has 0 aromatic heterocycles. The van der Waals surface area contributed by atoms with Gasteiger partial charge in [-0.2, -0.15) is 0 Å². The molecule has 0 spiro atoms. The van der Waals surface area contributed by atoms with Crippen LogP contribution in [0.5, 0.6) is 5.75 Å². The third-order valence-electron chi connectivity index (χ3n) is 2.23. The minimum atomic E-state index is -4.05. The SMILES string of the molecule is COc1c(F)cc(S(N)(=O)=O)cc1CCC(=O)O. The molecule has 0 atom stereocenters. The fraction of sp³-hybridized carbons (Fsp3) is 0.300. The van der Waals surface area contributed by atoms with E-state index in [2.05, 4.69) is 0 Å². The second kappa shape index (κ2) is 5.32. The van der Waals surface area contributed by atoms with Gasteiger partial charge in [-0.3, -0.25) is 4.79 Å². The van der Waals surface area contributed by atoms with Gasteiger partial charge in [0, 0.05) is 6.42 Å². The van der Waals surface area contributed by atoms with Crippen LogP contribution < -0.4 is 9.88 Å². The standard InChI is InChI=1S/C10H12FNO5S/c1-17-10-6(2-3-9(13)14)4-7(5-8(10)11)18(12,15)16/h4-5H,2-3H2,1H3,(H,13,14)(H2,12,15,16). The van der Waals surface area contributed by atoms with Crippen molar-refractivity contribution in [2.45, 2.75) is 17.7 Å². The molecular formula is C10H12FNO5S. The second-order valence-electron chi connectivity index (χ2n) is 3.54. The topological polar surface area (TPSA) is 107 Å². The predicted octanol–water partition coefficient (Wildman–Crippen LogP) is 0.499. The number of aryl methyl sites for hydroxylation is 1. The van der Waals surface area contributed by atoms with E-state index in [9.17, 15) is 17.6 Å². The Balaban J connectivity index is 3.28. The van der Waals surface area contributed by atoms with Gasteiger partial charge in [-0.05, 0) is 24.1 Å². The van der Waals surface area contributed by atoms with Gasteiger partial charge >= 0.3 is 5.97 Å². The van der Waals surface area contributed by atoms with Gasteiger partial charge in [0.1, 0.15) is 0 Å². The van der Waals surface area contributed by atoms with Gasteiger partial charge in [-0.1, -0.05) is 0 Å². The molecule has 18 heavy (non-hydrogen) atoms. The van der Waals surface area contributed by atoms with E-state index in [1.807, 2.05) is 0 Å². The Morgan fingerprint density at radius 2 is 2.11 bits per heavy atom. The monoisotopic (exact) mass is 277 g/mol. The number of halogens is 1. The number of hydrogen-bond acceptors (Lipinski definition) is 4. The lowest BCUT2D eigenvalue weighted by Crippen LogP contribution is -2.13. The number of aliphatic carboxylic acids is 1. The third kappa shape index (κ3) is 3.41. The lowest BCUT2D eigenvalue weighted by molar-refractivity contribution is -0.136. The van der Waals surface area contributed by atoms with Crippen LogP contribution >= 0.6 is 0 Å². The minimum Gasteiger partial charge on any atom is -0.493 e. The zero-order chi connectivity index (χ0) is 13.9. The molecule has 0 aliphatic carbocycles. The van der Waals surface area contributed by atoms with Crippen molar-refractivity contribution in [3.05, 3.63) is 23.5 Å². The molecular weight excluding hydrogens is 265 g/mol. The highest BCUT2D eigenvalue weighted by molar-refractivity contribution is 7.89. The molecule has 0 radical (unpaired) electrons. The number of benzene rings is 1. The maximum Gasteiger partial charge on any atom is 0.303 e. The highest BCUT2D eigenvalue weighted by atomic mass is 32.2. The van der Waals surface area contributed by atoms with E-state index in [-0.39, 0.29) is 24.2 Å². The number of nitrogens with two attached hydrogens (primary N) is 1. The molecule has 1 rings (SSSR count). The number of rotatable bonds is 5. The van der Waals surface area contributed by atoms with Gasteiger partial charge in [0.25, 0.3) is 0 Å². The van der Waals surface area contributed by atoms with E-state index < -0.39 is 26.7 Å². The van der Waals surface area contributed by atoms with Crippen molar-refractivity contribution >= 4 is 16.0 Å². The Labute approximate surface area is 103 Å². The molecule has 0 unspecified atom stereocenters. The summed E-state index contributed by atoms with van der Waals surface area (Å²) in [7, 11) is -2.85. The van der Waals surface area contributed by atoms with Crippen LogP contribution in [0.25, 0.3) is 0 Å². The summed E-state index contributed by atoms with van der Waals surface area (Å²) in [5.41, 5.74) is 0.143. The summed E-state index contributed by atoms with van der Waals surface area (Å²) in [6.45, 7) is 0.